The molecule has 1 saturated carbocycles. The predicted octanol–water partition coefficient (Wildman–Crippen LogP) is 7.81. The third-order valence-electron chi connectivity index (χ3n) is 6.25. The van der Waals surface area contributed by atoms with E-state index < -0.39 is 11.7 Å². The number of para-hydroxylation sites is 1. The molecule has 3 aromatic rings. The van der Waals surface area contributed by atoms with Crippen molar-refractivity contribution < 1.29 is 13.2 Å². The fourth-order valence-electron chi connectivity index (χ4n) is 4.93. The molecule has 1 aliphatic carbocycles. The fraction of sp³-hybridized carbons (Fsp3) is 0.280. The van der Waals surface area contributed by atoms with E-state index in [-0.39, 0.29) is 17.8 Å². The lowest BCUT2D eigenvalue weighted by Gasteiger charge is -2.38. The Labute approximate surface area is 174 Å². The van der Waals surface area contributed by atoms with Crippen molar-refractivity contribution in [2.45, 2.75) is 43.2 Å². The maximum atomic E-state index is 13.7. The van der Waals surface area contributed by atoms with Crippen LogP contribution in [0.5, 0.6) is 0 Å². The van der Waals surface area contributed by atoms with E-state index in [1.54, 1.807) is 18.2 Å². The number of alkyl halides is 3. The molecule has 0 aromatic heterocycles. The smallest absolute Gasteiger partial charge is 0.416 e. The zero-order chi connectivity index (χ0) is 21.3. The van der Waals surface area contributed by atoms with Crippen LogP contribution < -0.4 is 5.73 Å². The average Bonchev–Trinajstić information content (AvgIpc) is 2.73. The SMILES string of the molecule is [NH-]c1ccccc1C1CC(c2ccccc2N)CC(c2ccccc2C(F)(F)F)C1. The van der Waals surface area contributed by atoms with Crippen LogP contribution in [0.25, 0.3) is 5.73 Å². The zero-order valence-electron chi connectivity index (χ0n) is 16.5. The van der Waals surface area contributed by atoms with Crippen molar-refractivity contribution in [1.82, 2.24) is 0 Å². The molecule has 0 radical (unpaired) electrons. The van der Waals surface area contributed by atoms with Crippen LogP contribution in [0, 0.1) is 0 Å². The highest BCUT2D eigenvalue weighted by Gasteiger charge is 2.38. The van der Waals surface area contributed by atoms with Gasteiger partial charge in [-0.25, -0.2) is 0 Å². The van der Waals surface area contributed by atoms with Crippen molar-refractivity contribution in [1.29, 1.82) is 0 Å². The van der Waals surface area contributed by atoms with Gasteiger partial charge in [-0.2, -0.15) is 13.2 Å². The van der Waals surface area contributed by atoms with Gasteiger partial charge in [-0.3, -0.25) is 0 Å². The van der Waals surface area contributed by atoms with Gasteiger partial charge in [0.25, 0.3) is 0 Å². The molecule has 0 bridgehead atoms. The summed E-state index contributed by atoms with van der Waals surface area (Å²) in [5, 5.41) is 0. The first-order valence-corrected chi connectivity index (χ1v) is 10.2. The predicted molar refractivity (Wildman–Crippen MR) is 115 cm³/mol. The molecule has 5 heteroatoms. The number of hydrogen-bond acceptors (Lipinski definition) is 1. The number of nitrogens with two attached hydrogens (primary N) is 1. The summed E-state index contributed by atoms with van der Waals surface area (Å²) in [6, 6.07) is 20.9. The summed E-state index contributed by atoms with van der Waals surface area (Å²) in [7, 11) is 0. The van der Waals surface area contributed by atoms with Crippen molar-refractivity contribution in [2.75, 3.05) is 5.73 Å². The Kier molecular flexibility index (Phi) is 5.46. The lowest BCUT2D eigenvalue weighted by molar-refractivity contribution is -0.138. The van der Waals surface area contributed by atoms with Gasteiger partial charge in [-0.15, -0.1) is 5.69 Å². The topological polar surface area (TPSA) is 49.8 Å². The summed E-state index contributed by atoms with van der Waals surface area (Å²) >= 11 is 0. The Morgan fingerprint density at radius 2 is 1.13 bits per heavy atom. The fourth-order valence-corrected chi connectivity index (χ4v) is 4.93. The number of anilines is 1. The minimum absolute atomic E-state index is 0.00310. The van der Waals surface area contributed by atoms with Gasteiger partial charge >= 0.3 is 6.18 Å². The molecule has 1 aliphatic rings. The van der Waals surface area contributed by atoms with Crippen LogP contribution in [0.15, 0.2) is 72.8 Å². The molecule has 30 heavy (non-hydrogen) atoms. The molecule has 0 amide bonds. The van der Waals surface area contributed by atoms with Gasteiger partial charge in [-0.1, -0.05) is 66.2 Å². The third-order valence-corrected chi connectivity index (χ3v) is 6.25. The number of rotatable bonds is 3. The Balaban J connectivity index is 1.78. The van der Waals surface area contributed by atoms with E-state index in [4.69, 9.17) is 11.5 Å². The minimum Gasteiger partial charge on any atom is -0.698 e. The third kappa shape index (κ3) is 4.02. The molecular formula is C25H24F3N2-. The van der Waals surface area contributed by atoms with Crippen molar-refractivity contribution in [2.24, 2.45) is 0 Å². The quantitative estimate of drug-likeness (QED) is 0.441. The van der Waals surface area contributed by atoms with Crippen molar-refractivity contribution in [3.63, 3.8) is 0 Å². The highest BCUT2D eigenvalue weighted by Crippen LogP contribution is 2.51. The summed E-state index contributed by atoms with van der Waals surface area (Å²) < 4.78 is 41.2. The number of halogens is 3. The molecular weight excluding hydrogens is 385 g/mol. The van der Waals surface area contributed by atoms with E-state index in [1.165, 1.54) is 12.1 Å². The van der Waals surface area contributed by atoms with Gasteiger partial charge in [0.1, 0.15) is 0 Å². The lowest BCUT2D eigenvalue weighted by Crippen LogP contribution is -2.22. The van der Waals surface area contributed by atoms with Crippen molar-refractivity contribution in [3.05, 3.63) is 101 Å². The average molecular weight is 409 g/mol. The van der Waals surface area contributed by atoms with Crippen LogP contribution >= 0.6 is 0 Å². The molecule has 0 spiro atoms. The number of benzene rings is 3. The maximum Gasteiger partial charge on any atom is 0.416 e. The van der Waals surface area contributed by atoms with E-state index in [0.717, 1.165) is 17.5 Å². The van der Waals surface area contributed by atoms with E-state index in [9.17, 15) is 13.2 Å². The summed E-state index contributed by atoms with van der Waals surface area (Å²) in [5.41, 5.74) is 17.3. The number of nitrogens with one attached hydrogen (secondary N) is 1. The standard InChI is InChI=1S/C25H24F3N2/c26-25(27,28)22-10-4-1-7-19(22)16-13-17(20-8-2-5-11-23(20)29)15-18(14-16)21-9-3-6-12-24(21)30/h1-12,16-18,29H,13-15,30H2/q-1. The van der Waals surface area contributed by atoms with Crippen LogP contribution in [-0.2, 0) is 6.18 Å². The normalized spacial score (nSPS) is 22.0. The second kappa shape index (κ2) is 8.05. The van der Waals surface area contributed by atoms with Crippen molar-refractivity contribution >= 4 is 11.4 Å². The number of hydrogen-bond donors (Lipinski definition) is 1. The first-order valence-electron chi connectivity index (χ1n) is 10.2. The van der Waals surface area contributed by atoms with Crippen molar-refractivity contribution in [3.8, 4) is 0 Å². The molecule has 0 heterocycles. The lowest BCUT2D eigenvalue weighted by atomic mass is 9.67. The molecule has 3 aromatic carbocycles. The second-order valence-electron chi connectivity index (χ2n) is 8.10. The first kappa shape index (κ1) is 20.3. The molecule has 3 unspecified atom stereocenters. The van der Waals surface area contributed by atoms with Crippen LogP contribution in [-0.4, -0.2) is 0 Å². The summed E-state index contributed by atoms with van der Waals surface area (Å²) in [6.07, 6.45) is -2.42. The molecule has 2 nitrogen and oxygen atoms in total. The van der Waals surface area contributed by atoms with E-state index in [2.05, 4.69) is 0 Å². The maximum absolute atomic E-state index is 13.7. The molecule has 4 rings (SSSR count). The summed E-state index contributed by atoms with van der Waals surface area (Å²) in [5.74, 6) is -0.218. The molecule has 0 aliphatic heterocycles. The van der Waals surface area contributed by atoms with E-state index >= 15 is 0 Å². The summed E-state index contributed by atoms with van der Waals surface area (Å²) in [4.78, 5) is 0. The van der Waals surface area contributed by atoms with Gasteiger partial charge in [0.15, 0.2) is 0 Å². The Morgan fingerprint density at radius 3 is 1.73 bits per heavy atom. The van der Waals surface area contributed by atoms with E-state index in [1.807, 2.05) is 42.5 Å². The number of nitrogen functional groups attached to an aromatic ring is 1. The van der Waals surface area contributed by atoms with Crippen LogP contribution in [0.3, 0.4) is 0 Å². The van der Waals surface area contributed by atoms with Crippen LogP contribution in [0.2, 0.25) is 0 Å². The van der Waals surface area contributed by atoms with Gasteiger partial charge in [-0.05, 0) is 60.3 Å². The Morgan fingerprint density at radius 1 is 0.667 bits per heavy atom. The van der Waals surface area contributed by atoms with Gasteiger partial charge in [0.2, 0.25) is 0 Å². The highest BCUT2D eigenvalue weighted by molar-refractivity contribution is 5.54. The summed E-state index contributed by atoms with van der Waals surface area (Å²) in [6.45, 7) is 0. The molecule has 156 valence electrons. The first-order chi connectivity index (χ1) is 14.3. The van der Waals surface area contributed by atoms with E-state index in [0.29, 0.717) is 29.8 Å². The zero-order valence-corrected chi connectivity index (χ0v) is 16.5. The molecule has 1 fully saturated rings. The van der Waals surface area contributed by atoms with Crippen LogP contribution in [0.1, 0.15) is 59.3 Å². The molecule has 0 saturated heterocycles. The monoisotopic (exact) mass is 409 g/mol. The highest BCUT2D eigenvalue weighted by atomic mass is 19.4. The molecule has 3 N–H and O–H groups in total. The van der Waals surface area contributed by atoms with Gasteiger partial charge in [0, 0.05) is 5.69 Å². The Bertz CT molecular complexity index is 975. The Hall–Kier alpha value is -2.95. The van der Waals surface area contributed by atoms with Gasteiger partial charge < -0.3 is 11.5 Å². The van der Waals surface area contributed by atoms with Gasteiger partial charge in [0.05, 0.1) is 5.56 Å². The van der Waals surface area contributed by atoms with Crippen LogP contribution in [0.4, 0.5) is 24.5 Å². The largest absolute Gasteiger partial charge is 0.698 e. The molecule has 3 atom stereocenters. The minimum atomic E-state index is -4.39. The second-order valence-corrected chi connectivity index (χ2v) is 8.10.